The van der Waals surface area contributed by atoms with Crippen LogP contribution in [0.1, 0.15) is 18.3 Å². The Kier molecular flexibility index (Phi) is 3.94. The molecule has 1 rings (SSSR count). The van der Waals surface area contributed by atoms with Crippen LogP contribution < -0.4 is 14.4 Å². The van der Waals surface area contributed by atoms with E-state index < -0.39 is 0 Å². The van der Waals surface area contributed by atoms with Crippen LogP contribution in [0.3, 0.4) is 0 Å². The summed E-state index contributed by atoms with van der Waals surface area (Å²) < 4.78 is 1.88. The zero-order chi connectivity index (χ0) is 10.7. The molecule has 4 nitrogen and oxygen atoms in total. The van der Waals surface area contributed by atoms with Gasteiger partial charge in [-0.1, -0.05) is 6.92 Å². The summed E-state index contributed by atoms with van der Waals surface area (Å²) in [6.07, 6.45) is 0. The fraction of sp³-hybridized carbons (Fsp3) is 0.444. The third-order valence-corrected chi connectivity index (χ3v) is 2.64. The maximum absolute atomic E-state index is 5.93. The van der Waals surface area contributed by atoms with Gasteiger partial charge in [0, 0.05) is 12.2 Å². The lowest BCUT2D eigenvalue weighted by atomic mass is 10.2. The van der Waals surface area contributed by atoms with E-state index in [4.69, 9.17) is 5.73 Å². The molecule has 0 saturated carbocycles. The molecule has 0 aromatic carbocycles. The van der Waals surface area contributed by atoms with Gasteiger partial charge in [0.25, 0.3) is 0 Å². The number of hydrogen-bond donors (Lipinski definition) is 2. The summed E-state index contributed by atoms with van der Waals surface area (Å²) in [5, 5.41) is 0. The number of rotatable bonds is 3. The number of hydrazine groups is 1. The van der Waals surface area contributed by atoms with E-state index in [0.717, 1.165) is 29.3 Å². The van der Waals surface area contributed by atoms with Gasteiger partial charge in [0.1, 0.15) is 5.69 Å². The van der Waals surface area contributed by atoms with E-state index in [1.165, 1.54) is 0 Å². The van der Waals surface area contributed by atoms with E-state index in [1.54, 1.807) is 0 Å². The topological polar surface area (TPSA) is 54.2 Å². The highest BCUT2D eigenvalue weighted by atomic mass is 127. The number of aromatic nitrogens is 1. The van der Waals surface area contributed by atoms with Gasteiger partial charge in [0.2, 0.25) is 0 Å². The zero-order valence-electron chi connectivity index (χ0n) is 8.63. The second-order valence-corrected chi connectivity index (χ2v) is 4.04. The van der Waals surface area contributed by atoms with Crippen molar-refractivity contribution in [2.45, 2.75) is 20.8 Å². The molecule has 0 fully saturated rings. The highest BCUT2D eigenvalue weighted by molar-refractivity contribution is 14.1. The third kappa shape index (κ3) is 2.48. The van der Waals surface area contributed by atoms with Crippen molar-refractivity contribution in [3.8, 4) is 0 Å². The van der Waals surface area contributed by atoms with Gasteiger partial charge in [-0.05, 0) is 19.9 Å². The molecule has 0 bridgehead atoms. The average molecular weight is 306 g/mol. The van der Waals surface area contributed by atoms with Gasteiger partial charge in [-0.3, -0.25) is 4.98 Å². The van der Waals surface area contributed by atoms with E-state index in [2.05, 4.69) is 33.3 Å². The van der Waals surface area contributed by atoms with Crippen LogP contribution in [-0.2, 0) is 0 Å². The van der Waals surface area contributed by atoms with Crippen molar-refractivity contribution in [3.05, 3.63) is 17.5 Å². The highest BCUT2D eigenvalue weighted by Gasteiger charge is 2.10. The Morgan fingerprint density at radius 3 is 2.71 bits per heavy atom. The van der Waals surface area contributed by atoms with Gasteiger partial charge in [-0.15, -0.1) is 0 Å². The molecular weight excluding hydrogens is 291 g/mol. The van der Waals surface area contributed by atoms with Gasteiger partial charge >= 0.3 is 0 Å². The fourth-order valence-corrected chi connectivity index (χ4v) is 2.29. The molecule has 0 unspecified atom stereocenters. The predicted molar refractivity (Wildman–Crippen MR) is 68.3 cm³/mol. The number of pyridine rings is 1. The Hall–Kier alpha value is -0.560. The SMILES string of the molecule is CCNN(I)c1c(N)cc(C)nc1C. The van der Waals surface area contributed by atoms with Crippen molar-refractivity contribution in [1.82, 2.24) is 10.4 Å². The van der Waals surface area contributed by atoms with Gasteiger partial charge in [-0.25, -0.2) is 8.65 Å². The molecule has 14 heavy (non-hydrogen) atoms. The molecule has 1 heterocycles. The number of halogens is 1. The number of nitrogen functional groups attached to an aromatic ring is 1. The van der Waals surface area contributed by atoms with Crippen LogP contribution in [0.15, 0.2) is 6.07 Å². The van der Waals surface area contributed by atoms with Gasteiger partial charge < -0.3 is 5.73 Å². The Morgan fingerprint density at radius 2 is 2.21 bits per heavy atom. The molecule has 3 N–H and O–H groups in total. The standard InChI is InChI=1S/C9H15IN4/c1-4-12-14(10)9-7(3)13-6(2)5-8(9)11/h5,12H,4H2,1-3H3,(H2,11,13). The summed E-state index contributed by atoms with van der Waals surface area (Å²) in [5.74, 6) is 0. The quantitative estimate of drug-likeness (QED) is 0.509. The van der Waals surface area contributed by atoms with Crippen LogP contribution in [0.25, 0.3) is 0 Å². The first kappa shape index (κ1) is 11.5. The summed E-state index contributed by atoms with van der Waals surface area (Å²) in [6.45, 7) is 6.80. The van der Waals surface area contributed by atoms with Crippen molar-refractivity contribution >= 4 is 34.2 Å². The molecule has 0 amide bonds. The molecular formula is C9H15IN4. The summed E-state index contributed by atoms with van der Waals surface area (Å²) in [6, 6.07) is 1.88. The largest absolute Gasteiger partial charge is 0.397 e. The molecule has 78 valence electrons. The molecule has 0 radical (unpaired) electrons. The molecule has 0 aliphatic carbocycles. The molecule has 1 aromatic rings. The van der Waals surface area contributed by atoms with Crippen molar-refractivity contribution in [2.75, 3.05) is 15.5 Å². The number of nitrogens with zero attached hydrogens (tertiary/aromatic N) is 2. The number of aryl methyl sites for hydroxylation is 2. The van der Waals surface area contributed by atoms with E-state index >= 15 is 0 Å². The summed E-state index contributed by atoms with van der Waals surface area (Å²) in [5.41, 5.74) is 12.7. The fourth-order valence-electron chi connectivity index (χ4n) is 1.33. The summed E-state index contributed by atoms with van der Waals surface area (Å²) in [4.78, 5) is 4.37. The van der Waals surface area contributed by atoms with Crippen molar-refractivity contribution in [3.63, 3.8) is 0 Å². The molecule has 0 aliphatic heterocycles. The summed E-state index contributed by atoms with van der Waals surface area (Å²) >= 11 is 2.17. The minimum absolute atomic E-state index is 0.755. The van der Waals surface area contributed by atoms with Crippen LogP contribution in [0, 0.1) is 13.8 Å². The first-order valence-corrected chi connectivity index (χ1v) is 5.46. The van der Waals surface area contributed by atoms with Crippen LogP contribution >= 0.6 is 22.9 Å². The smallest absolute Gasteiger partial charge is 0.107 e. The predicted octanol–water partition coefficient (Wildman–Crippen LogP) is 1.96. The lowest BCUT2D eigenvalue weighted by Crippen LogP contribution is -2.29. The highest BCUT2D eigenvalue weighted by Crippen LogP contribution is 2.27. The minimum atomic E-state index is 0.755. The van der Waals surface area contributed by atoms with E-state index in [-0.39, 0.29) is 0 Å². The van der Waals surface area contributed by atoms with E-state index in [1.807, 2.05) is 30.1 Å². The maximum atomic E-state index is 5.93. The second kappa shape index (κ2) is 4.79. The van der Waals surface area contributed by atoms with Crippen molar-refractivity contribution in [2.24, 2.45) is 0 Å². The van der Waals surface area contributed by atoms with Gasteiger partial charge in [0.15, 0.2) is 0 Å². The van der Waals surface area contributed by atoms with Crippen LogP contribution in [-0.4, -0.2) is 11.5 Å². The molecule has 5 heteroatoms. The monoisotopic (exact) mass is 306 g/mol. The molecule has 0 aliphatic rings. The Bertz CT molecular complexity index is 304. The lowest BCUT2D eigenvalue weighted by molar-refractivity contribution is 0.798. The first-order chi connectivity index (χ1) is 6.56. The number of hydrogen-bond acceptors (Lipinski definition) is 4. The van der Waals surface area contributed by atoms with E-state index in [0.29, 0.717) is 0 Å². The molecule has 0 spiro atoms. The third-order valence-electron chi connectivity index (χ3n) is 1.82. The Morgan fingerprint density at radius 1 is 1.57 bits per heavy atom. The van der Waals surface area contributed by atoms with Gasteiger partial charge in [-0.2, -0.15) is 0 Å². The average Bonchev–Trinajstić information content (AvgIpc) is 2.01. The minimum Gasteiger partial charge on any atom is -0.397 e. The van der Waals surface area contributed by atoms with Crippen molar-refractivity contribution < 1.29 is 0 Å². The van der Waals surface area contributed by atoms with Crippen LogP contribution in [0.5, 0.6) is 0 Å². The molecule has 1 aromatic heterocycles. The van der Waals surface area contributed by atoms with Crippen molar-refractivity contribution in [1.29, 1.82) is 0 Å². The van der Waals surface area contributed by atoms with Crippen LogP contribution in [0.4, 0.5) is 11.4 Å². The van der Waals surface area contributed by atoms with E-state index in [9.17, 15) is 0 Å². The Balaban J connectivity index is 3.07. The number of anilines is 2. The zero-order valence-corrected chi connectivity index (χ0v) is 10.8. The number of nitrogens with two attached hydrogens (primary N) is 1. The van der Waals surface area contributed by atoms with Gasteiger partial charge in [0.05, 0.1) is 34.2 Å². The lowest BCUT2D eigenvalue weighted by Gasteiger charge is -2.20. The Labute approximate surface area is 98.3 Å². The number of nitrogens with one attached hydrogen (secondary N) is 1. The molecule has 0 saturated heterocycles. The summed E-state index contributed by atoms with van der Waals surface area (Å²) in [7, 11) is 0. The normalized spacial score (nSPS) is 10.3. The maximum Gasteiger partial charge on any atom is 0.107 e. The molecule has 0 atom stereocenters. The second-order valence-electron chi connectivity index (χ2n) is 3.08. The van der Waals surface area contributed by atoms with Crippen LogP contribution in [0.2, 0.25) is 0 Å². The first-order valence-electron chi connectivity index (χ1n) is 4.49.